The predicted octanol–water partition coefficient (Wildman–Crippen LogP) is 3.61. The molecule has 0 saturated carbocycles. The Hall–Kier alpha value is -2.20. The van der Waals surface area contributed by atoms with E-state index < -0.39 is 0 Å². The Morgan fingerprint density at radius 2 is 2.09 bits per heavy atom. The highest BCUT2D eigenvalue weighted by atomic mass is 15.2. The van der Waals surface area contributed by atoms with Crippen LogP contribution in [-0.2, 0) is 13.6 Å². The van der Waals surface area contributed by atoms with Crippen LogP contribution in [-0.4, -0.2) is 26.0 Å². The molecule has 0 bridgehead atoms. The van der Waals surface area contributed by atoms with Crippen LogP contribution in [0.5, 0.6) is 0 Å². The Bertz CT molecular complexity index is 831. The highest BCUT2D eigenvalue weighted by molar-refractivity contribution is 5.81. The molecular weight excluding hydrogens is 284 g/mol. The normalized spacial score (nSPS) is 18.8. The first-order valence-corrected chi connectivity index (χ1v) is 8.29. The summed E-state index contributed by atoms with van der Waals surface area (Å²) in [5.74, 6) is 1.19. The summed E-state index contributed by atoms with van der Waals surface area (Å²) in [5, 5.41) is 1.22. The molecule has 118 valence electrons. The van der Waals surface area contributed by atoms with Gasteiger partial charge in [-0.05, 0) is 37.9 Å². The molecule has 1 atom stereocenters. The van der Waals surface area contributed by atoms with Crippen molar-refractivity contribution in [2.75, 3.05) is 6.54 Å². The van der Waals surface area contributed by atoms with Crippen LogP contribution in [0.15, 0.2) is 42.7 Å². The summed E-state index contributed by atoms with van der Waals surface area (Å²) in [4.78, 5) is 11.9. The van der Waals surface area contributed by atoms with E-state index in [1.807, 2.05) is 12.3 Å². The lowest BCUT2D eigenvalue weighted by molar-refractivity contribution is 0.237. The molecule has 0 aliphatic carbocycles. The lowest BCUT2D eigenvalue weighted by Gasteiger charge is -2.24. The molecule has 0 amide bonds. The summed E-state index contributed by atoms with van der Waals surface area (Å²) in [6.07, 6.45) is 6.41. The number of likely N-dealkylation sites (tertiary alicyclic amines) is 1. The van der Waals surface area contributed by atoms with Crippen molar-refractivity contribution in [1.82, 2.24) is 19.4 Å². The summed E-state index contributed by atoms with van der Waals surface area (Å²) in [6, 6.07) is 11.0. The van der Waals surface area contributed by atoms with Crippen LogP contribution in [0.2, 0.25) is 0 Å². The maximum atomic E-state index is 4.75. The topological polar surface area (TPSA) is 34.0 Å². The van der Waals surface area contributed by atoms with Crippen molar-refractivity contribution < 1.29 is 0 Å². The quantitative estimate of drug-likeness (QED) is 0.741. The first-order chi connectivity index (χ1) is 11.2. The third-order valence-electron chi connectivity index (χ3n) is 4.78. The summed E-state index contributed by atoms with van der Waals surface area (Å²) in [5.41, 5.74) is 3.53. The van der Waals surface area contributed by atoms with E-state index in [0.29, 0.717) is 6.04 Å². The van der Waals surface area contributed by atoms with E-state index in [9.17, 15) is 0 Å². The highest BCUT2D eigenvalue weighted by Gasteiger charge is 2.29. The van der Waals surface area contributed by atoms with Gasteiger partial charge in [0.15, 0.2) is 0 Å². The van der Waals surface area contributed by atoms with Gasteiger partial charge in [0.05, 0.1) is 17.3 Å². The Morgan fingerprint density at radius 3 is 2.91 bits per heavy atom. The molecule has 1 aliphatic heterocycles. The second-order valence-corrected chi connectivity index (χ2v) is 6.47. The third kappa shape index (κ3) is 2.63. The largest absolute Gasteiger partial charge is 0.336 e. The number of benzene rings is 1. The molecule has 0 N–H and O–H groups in total. The fraction of sp³-hybridized carbons (Fsp3) is 0.368. The van der Waals surface area contributed by atoms with Crippen LogP contribution in [0.4, 0.5) is 0 Å². The molecule has 0 unspecified atom stereocenters. The number of nitrogens with zero attached hydrogens (tertiary/aromatic N) is 4. The van der Waals surface area contributed by atoms with Crippen molar-refractivity contribution >= 4 is 10.9 Å². The minimum absolute atomic E-state index is 0.410. The zero-order valence-electron chi connectivity index (χ0n) is 13.7. The number of rotatable bonds is 3. The molecule has 2 aromatic heterocycles. The van der Waals surface area contributed by atoms with Gasteiger partial charge in [-0.25, -0.2) is 4.98 Å². The number of pyridine rings is 1. The molecule has 3 aromatic rings. The lowest BCUT2D eigenvalue weighted by Crippen LogP contribution is -2.25. The second kappa shape index (κ2) is 5.78. The van der Waals surface area contributed by atoms with Crippen molar-refractivity contribution in [3.05, 3.63) is 59.8 Å². The van der Waals surface area contributed by atoms with Gasteiger partial charge in [-0.3, -0.25) is 9.88 Å². The summed E-state index contributed by atoms with van der Waals surface area (Å²) in [6.45, 7) is 4.13. The van der Waals surface area contributed by atoms with E-state index in [4.69, 9.17) is 4.98 Å². The average molecular weight is 306 g/mol. The minimum atomic E-state index is 0.410. The third-order valence-corrected chi connectivity index (χ3v) is 4.78. The molecule has 0 spiro atoms. The maximum absolute atomic E-state index is 4.75. The smallest absolute Gasteiger partial charge is 0.126 e. The van der Waals surface area contributed by atoms with E-state index >= 15 is 0 Å². The molecule has 1 aliphatic rings. The van der Waals surface area contributed by atoms with Crippen molar-refractivity contribution in [3.63, 3.8) is 0 Å². The SMILES string of the molecule is Cc1cn(C)c([C@@H]2CCCN2Cc2cccc3cccnc23)n1. The molecule has 1 fully saturated rings. The van der Waals surface area contributed by atoms with Gasteiger partial charge < -0.3 is 4.57 Å². The Labute approximate surface area is 136 Å². The molecule has 4 rings (SSSR count). The summed E-state index contributed by atoms with van der Waals surface area (Å²) in [7, 11) is 2.10. The van der Waals surface area contributed by atoms with Gasteiger partial charge in [-0.2, -0.15) is 0 Å². The van der Waals surface area contributed by atoms with Gasteiger partial charge in [0.2, 0.25) is 0 Å². The average Bonchev–Trinajstić information content (AvgIpc) is 3.13. The molecule has 23 heavy (non-hydrogen) atoms. The lowest BCUT2D eigenvalue weighted by atomic mass is 10.1. The highest BCUT2D eigenvalue weighted by Crippen LogP contribution is 2.33. The zero-order valence-corrected chi connectivity index (χ0v) is 13.7. The van der Waals surface area contributed by atoms with Crippen LogP contribution in [0.3, 0.4) is 0 Å². The molecule has 0 radical (unpaired) electrons. The minimum Gasteiger partial charge on any atom is -0.336 e. The number of hydrogen-bond donors (Lipinski definition) is 0. The number of aryl methyl sites for hydroxylation is 2. The van der Waals surface area contributed by atoms with Gasteiger partial charge >= 0.3 is 0 Å². The van der Waals surface area contributed by atoms with Gasteiger partial charge in [0.25, 0.3) is 0 Å². The van der Waals surface area contributed by atoms with E-state index in [0.717, 1.165) is 24.3 Å². The Balaban J connectivity index is 1.66. The second-order valence-electron chi connectivity index (χ2n) is 6.47. The van der Waals surface area contributed by atoms with Gasteiger partial charge in [-0.1, -0.05) is 24.3 Å². The van der Waals surface area contributed by atoms with Crippen LogP contribution in [0, 0.1) is 6.92 Å². The van der Waals surface area contributed by atoms with Crippen molar-refractivity contribution in [2.24, 2.45) is 7.05 Å². The van der Waals surface area contributed by atoms with E-state index in [-0.39, 0.29) is 0 Å². The first-order valence-electron chi connectivity index (χ1n) is 8.29. The standard InChI is InChI=1S/C19H22N4/c1-14-12-22(2)19(21-14)17-9-5-11-23(17)13-16-7-3-6-15-8-4-10-20-18(15)16/h3-4,6-8,10,12,17H,5,9,11,13H2,1-2H3/t17-/m0/s1. The Morgan fingerprint density at radius 1 is 1.22 bits per heavy atom. The molecule has 1 aromatic carbocycles. The fourth-order valence-electron chi connectivity index (χ4n) is 3.77. The van der Waals surface area contributed by atoms with E-state index in [2.05, 4.69) is 58.9 Å². The molecule has 1 saturated heterocycles. The maximum Gasteiger partial charge on any atom is 0.126 e. The Kier molecular flexibility index (Phi) is 3.62. The van der Waals surface area contributed by atoms with Gasteiger partial charge in [-0.15, -0.1) is 0 Å². The summed E-state index contributed by atoms with van der Waals surface area (Å²) >= 11 is 0. The van der Waals surface area contributed by atoms with Crippen molar-refractivity contribution in [1.29, 1.82) is 0 Å². The molecule has 4 nitrogen and oxygen atoms in total. The number of imidazole rings is 1. The summed E-state index contributed by atoms with van der Waals surface area (Å²) < 4.78 is 2.18. The van der Waals surface area contributed by atoms with Gasteiger partial charge in [0, 0.05) is 31.4 Å². The fourth-order valence-corrected chi connectivity index (χ4v) is 3.77. The number of fused-ring (bicyclic) bond motifs is 1. The first kappa shape index (κ1) is 14.4. The van der Waals surface area contributed by atoms with E-state index in [1.165, 1.54) is 29.6 Å². The van der Waals surface area contributed by atoms with Crippen molar-refractivity contribution in [3.8, 4) is 0 Å². The number of hydrogen-bond acceptors (Lipinski definition) is 3. The van der Waals surface area contributed by atoms with E-state index in [1.54, 1.807) is 0 Å². The van der Waals surface area contributed by atoms with Gasteiger partial charge in [0.1, 0.15) is 5.82 Å². The molecule has 3 heterocycles. The predicted molar refractivity (Wildman–Crippen MR) is 92.1 cm³/mol. The zero-order chi connectivity index (χ0) is 15.8. The van der Waals surface area contributed by atoms with Crippen molar-refractivity contribution in [2.45, 2.75) is 32.4 Å². The monoisotopic (exact) mass is 306 g/mol. The molecular formula is C19H22N4. The molecule has 4 heteroatoms. The van der Waals surface area contributed by atoms with Crippen LogP contribution in [0.1, 0.15) is 36.0 Å². The number of para-hydroxylation sites is 1. The van der Waals surface area contributed by atoms with Crippen LogP contribution in [0.25, 0.3) is 10.9 Å². The van der Waals surface area contributed by atoms with Crippen LogP contribution >= 0.6 is 0 Å². The number of aromatic nitrogens is 3. The van der Waals surface area contributed by atoms with Crippen LogP contribution < -0.4 is 0 Å².